The molecule has 32 heavy (non-hydrogen) atoms. The molecule has 2 aromatic rings. The van der Waals surface area contributed by atoms with Crippen LogP contribution in [0, 0.1) is 0 Å². The zero-order chi connectivity index (χ0) is 23.3. The Hall–Kier alpha value is -2.93. The van der Waals surface area contributed by atoms with E-state index < -0.39 is 0 Å². The molecule has 2 aromatic carbocycles. The molecule has 0 radical (unpaired) electrons. The highest BCUT2D eigenvalue weighted by atomic mass is 32.2. The van der Waals surface area contributed by atoms with Crippen molar-refractivity contribution in [3.05, 3.63) is 57.8 Å². The molecule has 0 heterocycles. The first-order valence-corrected chi connectivity index (χ1v) is 11.7. The minimum atomic E-state index is -0.313. The Morgan fingerprint density at radius 3 is 2.53 bits per heavy atom. The van der Waals surface area contributed by atoms with Crippen LogP contribution >= 0.6 is 11.8 Å². The SMILES string of the molecule is C/C=C/CC(=O)N[C@H]1CCc2cc(OC)c(OC)c(OC)c2-c2ccc(SC)c(=O)cc21. The average Bonchev–Trinajstić information content (AvgIpc) is 3.04. The van der Waals surface area contributed by atoms with Crippen molar-refractivity contribution in [2.75, 3.05) is 27.6 Å². The van der Waals surface area contributed by atoms with Crippen LogP contribution in [-0.4, -0.2) is 33.5 Å². The van der Waals surface area contributed by atoms with Gasteiger partial charge in [0, 0.05) is 12.0 Å². The highest BCUT2D eigenvalue weighted by molar-refractivity contribution is 7.98. The van der Waals surface area contributed by atoms with Gasteiger partial charge in [-0.25, -0.2) is 0 Å². The maximum atomic E-state index is 12.9. The largest absolute Gasteiger partial charge is 0.493 e. The van der Waals surface area contributed by atoms with E-state index in [1.807, 2.05) is 43.5 Å². The summed E-state index contributed by atoms with van der Waals surface area (Å²) in [6.45, 7) is 1.88. The molecule has 0 spiro atoms. The van der Waals surface area contributed by atoms with Crippen LogP contribution in [0.1, 0.15) is 36.9 Å². The van der Waals surface area contributed by atoms with E-state index in [-0.39, 0.29) is 17.4 Å². The second kappa shape index (κ2) is 10.6. The minimum absolute atomic E-state index is 0.0747. The summed E-state index contributed by atoms with van der Waals surface area (Å²) in [7, 11) is 4.75. The molecule has 0 bridgehead atoms. The van der Waals surface area contributed by atoms with Crippen LogP contribution in [-0.2, 0) is 11.2 Å². The third-order valence-electron chi connectivity index (χ3n) is 5.59. The van der Waals surface area contributed by atoms with Gasteiger partial charge in [0.05, 0.1) is 32.3 Å². The lowest BCUT2D eigenvalue weighted by Gasteiger charge is -2.20. The lowest BCUT2D eigenvalue weighted by atomic mass is 9.95. The Bertz CT molecular complexity index is 1100. The average molecular weight is 456 g/mol. The maximum Gasteiger partial charge on any atom is 0.224 e. The van der Waals surface area contributed by atoms with Crippen LogP contribution < -0.4 is 25.0 Å². The van der Waals surface area contributed by atoms with Gasteiger partial charge in [-0.2, -0.15) is 0 Å². The van der Waals surface area contributed by atoms with Gasteiger partial charge >= 0.3 is 0 Å². The first-order valence-electron chi connectivity index (χ1n) is 10.4. The summed E-state index contributed by atoms with van der Waals surface area (Å²) in [6, 6.07) is 7.05. The maximum absolute atomic E-state index is 12.9. The van der Waals surface area contributed by atoms with Crippen LogP contribution in [0.2, 0.25) is 0 Å². The van der Waals surface area contributed by atoms with Crippen molar-refractivity contribution < 1.29 is 19.0 Å². The van der Waals surface area contributed by atoms with E-state index in [0.717, 1.165) is 22.3 Å². The van der Waals surface area contributed by atoms with E-state index in [0.29, 0.717) is 41.4 Å². The monoisotopic (exact) mass is 455 g/mol. The highest BCUT2D eigenvalue weighted by Crippen LogP contribution is 2.50. The number of nitrogens with one attached hydrogen (secondary N) is 1. The van der Waals surface area contributed by atoms with E-state index in [2.05, 4.69) is 5.32 Å². The smallest absolute Gasteiger partial charge is 0.224 e. The number of carbonyl (C=O) groups excluding carboxylic acids is 1. The zero-order valence-corrected chi connectivity index (χ0v) is 19.9. The van der Waals surface area contributed by atoms with E-state index in [1.54, 1.807) is 27.4 Å². The summed E-state index contributed by atoms with van der Waals surface area (Å²) in [5, 5.41) is 3.12. The van der Waals surface area contributed by atoms with Crippen LogP contribution in [0.25, 0.3) is 11.1 Å². The topological polar surface area (TPSA) is 73.9 Å². The van der Waals surface area contributed by atoms with Crippen LogP contribution in [0.15, 0.2) is 46.1 Å². The first-order chi connectivity index (χ1) is 15.5. The Morgan fingerprint density at radius 2 is 1.91 bits per heavy atom. The molecule has 0 saturated carbocycles. The molecule has 1 aliphatic carbocycles. The summed E-state index contributed by atoms with van der Waals surface area (Å²) in [4.78, 5) is 26.1. The minimum Gasteiger partial charge on any atom is -0.493 e. The molecule has 0 aliphatic heterocycles. The molecule has 6 nitrogen and oxygen atoms in total. The van der Waals surface area contributed by atoms with Gasteiger partial charge in [0.1, 0.15) is 0 Å². The second-order valence-electron chi connectivity index (χ2n) is 7.39. The van der Waals surface area contributed by atoms with Gasteiger partial charge < -0.3 is 19.5 Å². The number of benzene rings is 1. The van der Waals surface area contributed by atoms with Crippen molar-refractivity contribution in [1.82, 2.24) is 5.32 Å². The van der Waals surface area contributed by atoms with Crippen LogP contribution in [0.3, 0.4) is 0 Å². The Kier molecular flexibility index (Phi) is 7.85. The molecule has 0 saturated heterocycles. The molecule has 0 unspecified atom stereocenters. The molecular formula is C25H29NO5S. The fourth-order valence-electron chi connectivity index (χ4n) is 4.09. The number of aryl methyl sites for hydroxylation is 1. The Balaban J connectivity index is 2.30. The second-order valence-corrected chi connectivity index (χ2v) is 8.24. The highest BCUT2D eigenvalue weighted by Gasteiger charge is 2.29. The summed E-state index contributed by atoms with van der Waals surface area (Å²) in [5.74, 6) is 1.54. The number of methoxy groups -OCH3 is 3. The summed E-state index contributed by atoms with van der Waals surface area (Å²) >= 11 is 1.40. The predicted octanol–water partition coefficient (Wildman–Crippen LogP) is 4.53. The summed E-state index contributed by atoms with van der Waals surface area (Å²) in [5.41, 5.74) is 3.40. The van der Waals surface area contributed by atoms with Crippen molar-refractivity contribution in [1.29, 1.82) is 0 Å². The van der Waals surface area contributed by atoms with Gasteiger partial charge in [0.25, 0.3) is 0 Å². The van der Waals surface area contributed by atoms with Crippen molar-refractivity contribution in [3.8, 4) is 28.4 Å². The van der Waals surface area contributed by atoms with Gasteiger partial charge in [0.2, 0.25) is 11.7 Å². The third kappa shape index (κ3) is 4.63. The van der Waals surface area contributed by atoms with E-state index in [1.165, 1.54) is 11.8 Å². The van der Waals surface area contributed by atoms with Crippen LogP contribution in [0.4, 0.5) is 0 Å². The van der Waals surface area contributed by atoms with Crippen molar-refractivity contribution in [3.63, 3.8) is 0 Å². The number of fused-ring (bicyclic) bond motifs is 3. The molecule has 1 atom stereocenters. The first kappa shape index (κ1) is 23.7. The van der Waals surface area contributed by atoms with Gasteiger partial charge in [-0.05, 0) is 60.9 Å². The fraction of sp³-hybridized carbons (Fsp3) is 0.360. The number of hydrogen-bond donors (Lipinski definition) is 1. The van der Waals surface area contributed by atoms with Crippen molar-refractivity contribution in [2.45, 2.75) is 37.1 Å². The molecule has 170 valence electrons. The van der Waals surface area contributed by atoms with E-state index in [4.69, 9.17) is 14.2 Å². The van der Waals surface area contributed by atoms with Gasteiger partial charge in [-0.3, -0.25) is 9.59 Å². The Morgan fingerprint density at radius 1 is 1.16 bits per heavy atom. The van der Waals surface area contributed by atoms with Gasteiger partial charge in [0.15, 0.2) is 16.9 Å². The number of ether oxygens (including phenoxy) is 3. The molecule has 1 amide bonds. The van der Waals surface area contributed by atoms with Crippen LogP contribution in [0.5, 0.6) is 17.2 Å². The third-order valence-corrected chi connectivity index (χ3v) is 6.37. The lowest BCUT2D eigenvalue weighted by molar-refractivity contribution is -0.121. The number of rotatable bonds is 7. The molecule has 1 aliphatic rings. The standard InChI is InChI=1S/C25H29NO5S/c1-6-7-8-22(28)26-18-11-9-15-13-20(29-2)24(30-3)25(31-4)23(15)16-10-12-21(32-5)19(27)14-17(16)18/h6-7,10,12-14,18H,8-9,11H2,1-5H3,(H,26,28)/b7-6+/t18-/m0/s1. The molecule has 7 heteroatoms. The molecule has 3 rings (SSSR count). The summed E-state index contributed by atoms with van der Waals surface area (Å²) in [6.07, 6.45) is 7.14. The fourth-order valence-corrected chi connectivity index (χ4v) is 4.56. The summed E-state index contributed by atoms with van der Waals surface area (Å²) < 4.78 is 17.0. The Labute approximate surface area is 193 Å². The van der Waals surface area contributed by atoms with E-state index >= 15 is 0 Å². The normalized spacial score (nSPS) is 14.8. The number of thioether (sulfide) groups is 1. The predicted molar refractivity (Wildman–Crippen MR) is 128 cm³/mol. The zero-order valence-electron chi connectivity index (χ0n) is 19.1. The quantitative estimate of drug-likeness (QED) is 0.488. The molecule has 0 fully saturated rings. The number of allylic oxidation sites excluding steroid dienone is 1. The molecule has 0 aromatic heterocycles. The van der Waals surface area contributed by atoms with Crippen molar-refractivity contribution in [2.24, 2.45) is 0 Å². The van der Waals surface area contributed by atoms with E-state index in [9.17, 15) is 9.59 Å². The molecule has 1 N–H and O–H groups in total. The number of carbonyl (C=O) groups is 1. The number of hydrogen-bond acceptors (Lipinski definition) is 6. The van der Waals surface area contributed by atoms with Gasteiger partial charge in [-0.1, -0.05) is 18.2 Å². The van der Waals surface area contributed by atoms with Crippen molar-refractivity contribution >= 4 is 17.7 Å². The van der Waals surface area contributed by atoms with Gasteiger partial charge in [-0.15, -0.1) is 11.8 Å². The molecular weight excluding hydrogens is 426 g/mol. The lowest BCUT2D eigenvalue weighted by Crippen LogP contribution is -2.28. The number of amides is 1.